The minimum atomic E-state index is -0.503. The summed E-state index contributed by atoms with van der Waals surface area (Å²) in [5, 5.41) is 2.87. The molecule has 0 aromatic heterocycles. The average molecular weight is 377 g/mol. The second-order valence-corrected chi connectivity index (χ2v) is 5.84. The van der Waals surface area contributed by atoms with E-state index in [1.165, 1.54) is 0 Å². The Morgan fingerprint density at radius 2 is 1.83 bits per heavy atom. The minimum absolute atomic E-state index is 0.106. The Bertz CT molecular complexity index is 701. The Morgan fingerprint density at radius 3 is 2.43 bits per heavy atom. The summed E-state index contributed by atoms with van der Waals surface area (Å²) in [7, 11) is 0. The Labute approximate surface area is 143 Å². The van der Waals surface area contributed by atoms with Gasteiger partial charge in [0, 0.05) is 10.0 Å². The van der Waals surface area contributed by atoms with E-state index in [1.54, 1.807) is 24.3 Å². The number of primary amides is 1. The number of hydrogen-bond acceptors (Lipinski definition) is 3. The number of hydrogen-bond donors (Lipinski definition) is 2. The van der Waals surface area contributed by atoms with Gasteiger partial charge in [0.15, 0.2) is 6.61 Å². The number of nitrogens with one attached hydrogen (secondary N) is 1. The molecule has 0 bridgehead atoms. The molecule has 3 N–H and O–H groups in total. The van der Waals surface area contributed by atoms with Crippen molar-refractivity contribution in [2.75, 3.05) is 6.61 Å². The summed E-state index contributed by atoms with van der Waals surface area (Å²) in [6, 6.07) is 13.9. The van der Waals surface area contributed by atoms with Crippen LogP contribution in [0.2, 0.25) is 0 Å². The zero-order chi connectivity index (χ0) is 16.8. The SMILES string of the molecule is C[C@@H](NC(=O)COc1ccc(C(N)=O)cc1)c1ccccc1Br. The summed E-state index contributed by atoms with van der Waals surface area (Å²) in [5.41, 5.74) is 6.55. The van der Waals surface area contributed by atoms with Crippen molar-refractivity contribution < 1.29 is 14.3 Å². The number of carbonyl (C=O) groups excluding carboxylic acids is 2. The van der Waals surface area contributed by atoms with Gasteiger partial charge in [0.25, 0.3) is 5.91 Å². The second kappa shape index (κ2) is 7.78. The molecule has 0 unspecified atom stereocenters. The third-order valence-corrected chi connectivity index (χ3v) is 3.98. The van der Waals surface area contributed by atoms with Crippen molar-refractivity contribution in [1.82, 2.24) is 5.32 Å². The normalized spacial score (nSPS) is 11.6. The molecule has 0 saturated heterocycles. The molecule has 5 nitrogen and oxygen atoms in total. The van der Waals surface area contributed by atoms with Gasteiger partial charge in [-0.15, -0.1) is 0 Å². The van der Waals surface area contributed by atoms with Gasteiger partial charge in [-0.25, -0.2) is 0 Å². The van der Waals surface area contributed by atoms with Crippen LogP contribution in [0.5, 0.6) is 5.75 Å². The van der Waals surface area contributed by atoms with Gasteiger partial charge in [0.1, 0.15) is 5.75 Å². The van der Waals surface area contributed by atoms with Gasteiger partial charge >= 0.3 is 0 Å². The molecule has 0 saturated carbocycles. The lowest BCUT2D eigenvalue weighted by Crippen LogP contribution is -2.31. The first-order valence-electron chi connectivity index (χ1n) is 7.04. The van der Waals surface area contributed by atoms with Gasteiger partial charge in [0.2, 0.25) is 5.91 Å². The maximum atomic E-state index is 12.0. The predicted molar refractivity (Wildman–Crippen MR) is 91.2 cm³/mol. The molecule has 1 atom stereocenters. The number of rotatable bonds is 6. The molecule has 23 heavy (non-hydrogen) atoms. The van der Waals surface area contributed by atoms with Crippen LogP contribution in [-0.4, -0.2) is 18.4 Å². The van der Waals surface area contributed by atoms with Crippen molar-refractivity contribution in [1.29, 1.82) is 0 Å². The lowest BCUT2D eigenvalue weighted by atomic mass is 10.1. The maximum absolute atomic E-state index is 12.0. The van der Waals surface area contributed by atoms with E-state index in [2.05, 4.69) is 21.2 Å². The van der Waals surface area contributed by atoms with Crippen LogP contribution in [0.1, 0.15) is 28.9 Å². The summed E-state index contributed by atoms with van der Waals surface area (Å²) >= 11 is 3.46. The highest BCUT2D eigenvalue weighted by atomic mass is 79.9. The molecule has 2 aromatic rings. The van der Waals surface area contributed by atoms with E-state index in [1.807, 2.05) is 31.2 Å². The third-order valence-electron chi connectivity index (χ3n) is 3.26. The first kappa shape index (κ1) is 17.0. The lowest BCUT2D eigenvalue weighted by Gasteiger charge is -2.16. The largest absolute Gasteiger partial charge is 0.484 e. The van der Waals surface area contributed by atoms with Gasteiger partial charge < -0.3 is 15.8 Å². The Morgan fingerprint density at radius 1 is 1.17 bits per heavy atom. The van der Waals surface area contributed by atoms with E-state index < -0.39 is 5.91 Å². The van der Waals surface area contributed by atoms with E-state index in [-0.39, 0.29) is 18.6 Å². The van der Waals surface area contributed by atoms with Crippen LogP contribution in [0.3, 0.4) is 0 Å². The van der Waals surface area contributed by atoms with Crippen molar-refractivity contribution in [3.05, 3.63) is 64.1 Å². The summed E-state index contributed by atoms with van der Waals surface area (Å²) in [4.78, 5) is 22.9. The molecule has 0 aliphatic rings. The average Bonchev–Trinajstić information content (AvgIpc) is 2.53. The fraction of sp³-hybridized carbons (Fsp3) is 0.176. The van der Waals surface area contributed by atoms with E-state index in [4.69, 9.17) is 10.5 Å². The highest BCUT2D eigenvalue weighted by Crippen LogP contribution is 2.22. The van der Waals surface area contributed by atoms with Crippen molar-refractivity contribution >= 4 is 27.7 Å². The van der Waals surface area contributed by atoms with E-state index in [9.17, 15) is 9.59 Å². The van der Waals surface area contributed by atoms with Crippen LogP contribution in [0.25, 0.3) is 0 Å². The summed E-state index contributed by atoms with van der Waals surface area (Å²) < 4.78 is 6.33. The van der Waals surface area contributed by atoms with Crippen LogP contribution in [0.4, 0.5) is 0 Å². The highest BCUT2D eigenvalue weighted by Gasteiger charge is 2.12. The number of benzene rings is 2. The molecule has 0 spiro atoms. The van der Waals surface area contributed by atoms with E-state index >= 15 is 0 Å². The lowest BCUT2D eigenvalue weighted by molar-refractivity contribution is -0.123. The molecule has 0 heterocycles. The minimum Gasteiger partial charge on any atom is -0.484 e. The van der Waals surface area contributed by atoms with Gasteiger partial charge in [0.05, 0.1) is 6.04 Å². The molecule has 0 radical (unpaired) electrons. The molecule has 0 aliphatic heterocycles. The second-order valence-electron chi connectivity index (χ2n) is 4.99. The number of amides is 2. The zero-order valence-corrected chi connectivity index (χ0v) is 14.2. The predicted octanol–water partition coefficient (Wildman–Crippen LogP) is 2.80. The molecular weight excluding hydrogens is 360 g/mol. The quantitative estimate of drug-likeness (QED) is 0.812. The molecule has 2 aromatic carbocycles. The number of halogens is 1. The summed E-state index contributed by atoms with van der Waals surface area (Å²) in [5.74, 6) is -0.234. The molecule has 0 aliphatic carbocycles. The highest BCUT2D eigenvalue weighted by molar-refractivity contribution is 9.10. The van der Waals surface area contributed by atoms with E-state index in [0.717, 1.165) is 10.0 Å². The number of carbonyl (C=O) groups is 2. The molecule has 0 fully saturated rings. The fourth-order valence-electron chi connectivity index (χ4n) is 2.05. The van der Waals surface area contributed by atoms with Crippen molar-refractivity contribution in [3.63, 3.8) is 0 Å². The number of nitrogens with two attached hydrogens (primary N) is 1. The summed E-state index contributed by atoms with van der Waals surface area (Å²) in [6.45, 7) is 1.80. The smallest absolute Gasteiger partial charge is 0.258 e. The molecule has 6 heteroatoms. The van der Waals surface area contributed by atoms with Crippen LogP contribution in [-0.2, 0) is 4.79 Å². The fourth-order valence-corrected chi connectivity index (χ4v) is 2.68. The topological polar surface area (TPSA) is 81.4 Å². The monoisotopic (exact) mass is 376 g/mol. The van der Waals surface area contributed by atoms with Gasteiger partial charge in [-0.3, -0.25) is 9.59 Å². The molecule has 2 rings (SSSR count). The Hall–Kier alpha value is -2.34. The first-order valence-corrected chi connectivity index (χ1v) is 7.83. The van der Waals surface area contributed by atoms with Crippen LogP contribution in [0, 0.1) is 0 Å². The molecular formula is C17H17BrN2O3. The Balaban J connectivity index is 1.87. The van der Waals surface area contributed by atoms with E-state index in [0.29, 0.717) is 11.3 Å². The Kier molecular flexibility index (Phi) is 5.76. The molecule has 2 amide bonds. The van der Waals surface area contributed by atoms with Gasteiger partial charge in [-0.05, 0) is 42.8 Å². The van der Waals surface area contributed by atoms with Gasteiger partial charge in [-0.2, -0.15) is 0 Å². The standard InChI is InChI=1S/C17H17BrN2O3/c1-11(14-4-2-3-5-15(14)18)20-16(21)10-23-13-8-6-12(7-9-13)17(19)22/h2-9,11H,10H2,1H3,(H2,19,22)(H,20,21)/t11-/m1/s1. The summed E-state index contributed by atoms with van der Waals surface area (Å²) in [6.07, 6.45) is 0. The zero-order valence-electron chi connectivity index (χ0n) is 12.6. The third kappa shape index (κ3) is 4.82. The van der Waals surface area contributed by atoms with Crippen molar-refractivity contribution in [2.45, 2.75) is 13.0 Å². The maximum Gasteiger partial charge on any atom is 0.258 e. The first-order chi connectivity index (χ1) is 11.0. The van der Waals surface area contributed by atoms with Crippen LogP contribution < -0.4 is 15.8 Å². The van der Waals surface area contributed by atoms with Crippen LogP contribution >= 0.6 is 15.9 Å². The van der Waals surface area contributed by atoms with Gasteiger partial charge in [-0.1, -0.05) is 34.1 Å². The molecule has 120 valence electrons. The van der Waals surface area contributed by atoms with Crippen LogP contribution in [0.15, 0.2) is 53.0 Å². The van der Waals surface area contributed by atoms with Crippen molar-refractivity contribution in [3.8, 4) is 5.75 Å². The van der Waals surface area contributed by atoms with Crippen molar-refractivity contribution in [2.24, 2.45) is 5.73 Å². The number of ether oxygens (including phenoxy) is 1.